The Morgan fingerprint density at radius 1 is 1.30 bits per heavy atom. The van der Waals surface area contributed by atoms with Crippen molar-refractivity contribution < 1.29 is 18.0 Å². The predicted molar refractivity (Wildman–Crippen MR) is 104 cm³/mol. The summed E-state index contributed by atoms with van der Waals surface area (Å²) in [6.45, 7) is -0.114. The maximum Gasteiger partial charge on any atom is 0.420 e. The number of nitrogens with one attached hydrogen (secondary N) is 1. The second-order valence-corrected chi connectivity index (χ2v) is 7.51. The number of fused-ring (bicyclic) bond motifs is 1. The number of halogens is 4. The molecule has 4 aromatic rings. The Labute approximate surface area is 176 Å². The van der Waals surface area contributed by atoms with Gasteiger partial charge >= 0.3 is 6.18 Å². The largest absolute Gasteiger partial charge is 0.420 e. The Kier molecular flexibility index (Phi) is 5.39. The molecule has 12 heteroatoms. The van der Waals surface area contributed by atoms with Crippen molar-refractivity contribution in [1.82, 2.24) is 29.9 Å². The van der Waals surface area contributed by atoms with Crippen LogP contribution in [0.25, 0.3) is 16.2 Å². The minimum Gasteiger partial charge on any atom is -0.348 e. The van der Waals surface area contributed by atoms with E-state index in [4.69, 9.17) is 11.6 Å². The van der Waals surface area contributed by atoms with Crippen LogP contribution in [0.3, 0.4) is 0 Å². The minimum absolute atomic E-state index is 0.0159. The summed E-state index contributed by atoms with van der Waals surface area (Å²) in [6.07, 6.45) is -0.00347. The average Bonchev–Trinajstić information content (AvgIpc) is 3.33. The molecule has 0 fully saturated rings. The summed E-state index contributed by atoms with van der Waals surface area (Å²) in [5.74, 6) is -0.228. The summed E-state index contributed by atoms with van der Waals surface area (Å²) in [5.41, 5.74) is 0.0496. The normalized spacial score (nSPS) is 11.7. The molecule has 0 radical (unpaired) electrons. The highest BCUT2D eigenvalue weighted by Gasteiger charge is 2.35. The van der Waals surface area contributed by atoms with Crippen LogP contribution < -0.4 is 5.32 Å². The number of hydrogen-bond donors (Lipinski definition) is 1. The first-order chi connectivity index (χ1) is 14.3. The van der Waals surface area contributed by atoms with Gasteiger partial charge in [0.2, 0.25) is 5.91 Å². The van der Waals surface area contributed by atoms with Gasteiger partial charge in [-0.15, -0.1) is 21.5 Å². The fraction of sp³-hybridized carbons (Fsp3) is 0.167. The van der Waals surface area contributed by atoms with E-state index in [1.165, 1.54) is 17.5 Å². The van der Waals surface area contributed by atoms with Crippen LogP contribution in [-0.2, 0) is 23.9 Å². The van der Waals surface area contributed by atoms with Crippen molar-refractivity contribution in [3.05, 3.63) is 64.3 Å². The quantitative estimate of drug-likeness (QED) is 0.498. The van der Waals surface area contributed by atoms with Crippen LogP contribution in [0, 0.1) is 0 Å². The zero-order valence-corrected chi connectivity index (χ0v) is 16.6. The number of hydrogen-bond acceptors (Lipinski definition) is 6. The van der Waals surface area contributed by atoms with E-state index < -0.39 is 11.7 Å². The fourth-order valence-electron chi connectivity index (χ4n) is 2.75. The van der Waals surface area contributed by atoms with Crippen molar-refractivity contribution in [2.24, 2.45) is 0 Å². The lowest BCUT2D eigenvalue weighted by atomic mass is 10.2. The smallest absolute Gasteiger partial charge is 0.348 e. The summed E-state index contributed by atoms with van der Waals surface area (Å²) in [5, 5.41) is 12.4. The summed E-state index contributed by atoms with van der Waals surface area (Å²) in [6, 6.07) is 4.45. The number of amides is 1. The molecule has 0 aliphatic carbocycles. The molecule has 0 bridgehead atoms. The Hall–Kier alpha value is -3.05. The molecule has 30 heavy (non-hydrogen) atoms. The minimum atomic E-state index is -4.63. The first-order valence-corrected chi connectivity index (χ1v) is 9.79. The van der Waals surface area contributed by atoms with E-state index in [2.05, 4.69) is 25.5 Å². The fourth-order valence-corrected chi connectivity index (χ4v) is 3.77. The molecule has 154 valence electrons. The Morgan fingerprint density at radius 2 is 2.13 bits per heavy atom. The van der Waals surface area contributed by atoms with Crippen molar-refractivity contribution in [2.45, 2.75) is 19.1 Å². The van der Waals surface area contributed by atoms with Crippen LogP contribution in [-0.4, -0.2) is 30.5 Å². The van der Waals surface area contributed by atoms with Crippen LogP contribution in [0.4, 0.5) is 13.2 Å². The van der Waals surface area contributed by atoms with Crippen molar-refractivity contribution >= 4 is 34.5 Å². The van der Waals surface area contributed by atoms with E-state index in [9.17, 15) is 18.0 Å². The van der Waals surface area contributed by atoms with Crippen molar-refractivity contribution in [3.63, 3.8) is 0 Å². The molecule has 4 rings (SSSR count). The van der Waals surface area contributed by atoms with E-state index in [1.54, 1.807) is 23.8 Å². The maximum absolute atomic E-state index is 13.2. The Balaban J connectivity index is 1.45. The number of thiazole rings is 1. The SMILES string of the molecule is O=C(Cc1csc(-c2cccnc2)n1)NCc1nnc2c(C(F)(F)F)cc(Cl)cn12. The van der Waals surface area contributed by atoms with Gasteiger partial charge in [-0.1, -0.05) is 11.6 Å². The molecule has 1 N–H and O–H groups in total. The molecule has 4 aromatic heterocycles. The highest BCUT2D eigenvalue weighted by molar-refractivity contribution is 7.13. The van der Waals surface area contributed by atoms with Gasteiger partial charge in [0.15, 0.2) is 11.5 Å². The zero-order valence-electron chi connectivity index (χ0n) is 15.0. The van der Waals surface area contributed by atoms with Crippen LogP contribution >= 0.6 is 22.9 Å². The molecule has 0 aliphatic rings. The molecule has 0 saturated heterocycles. The van der Waals surface area contributed by atoms with Crippen LogP contribution in [0.5, 0.6) is 0 Å². The third-order valence-electron chi connectivity index (χ3n) is 4.09. The number of pyridine rings is 2. The van der Waals surface area contributed by atoms with Crippen molar-refractivity contribution in [3.8, 4) is 10.6 Å². The van der Waals surface area contributed by atoms with E-state index in [-0.39, 0.29) is 35.4 Å². The van der Waals surface area contributed by atoms with E-state index in [1.807, 2.05) is 6.07 Å². The summed E-state index contributed by atoms with van der Waals surface area (Å²) in [4.78, 5) is 20.7. The topological polar surface area (TPSA) is 85.1 Å². The molecule has 0 aliphatic heterocycles. The number of aromatic nitrogens is 5. The number of carbonyl (C=O) groups is 1. The van der Waals surface area contributed by atoms with Gasteiger partial charge in [-0.2, -0.15) is 13.2 Å². The summed E-state index contributed by atoms with van der Waals surface area (Å²) in [7, 11) is 0. The molecule has 0 unspecified atom stereocenters. The van der Waals surface area contributed by atoms with E-state index in [0.29, 0.717) is 5.69 Å². The summed E-state index contributed by atoms with van der Waals surface area (Å²) < 4.78 is 40.6. The first-order valence-electron chi connectivity index (χ1n) is 8.53. The first kappa shape index (κ1) is 20.2. The molecule has 4 heterocycles. The van der Waals surface area contributed by atoms with Gasteiger partial charge in [0.1, 0.15) is 10.6 Å². The molecule has 1 amide bonds. The van der Waals surface area contributed by atoms with Gasteiger partial charge in [-0.3, -0.25) is 14.2 Å². The third kappa shape index (κ3) is 4.26. The lowest BCUT2D eigenvalue weighted by molar-refractivity contribution is -0.136. The summed E-state index contributed by atoms with van der Waals surface area (Å²) >= 11 is 7.20. The predicted octanol–water partition coefficient (Wildman–Crippen LogP) is 3.78. The van der Waals surface area contributed by atoms with Gasteiger partial charge in [0, 0.05) is 29.5 Å². The van der Waals surface area contributed by atoms with Gasteiger partial charge in [0.05, 0.1) is 23.7 Å². The Bertz CT molecular complexity index is 1210. The van der Waals surface area contributed by atoms with Gasteiger partial charge < -0.3 is 5.32 Å². The highest BCUT2D eigenvalue weighted by atomic mass is 35.5. The van der Waals surface area contributed by atoms with Crippen molar-refractivity contribution in [2.75, 3.05) is 0 Å². The molecule has 0 spiro atoms. The van der Waals surface area contributed by atoms with E-state index in [0.717, 1.165) is 21.0 Å². The molecule has 0 aromatic carbocycles. The van der Waals surface area contributed by atoms with Crippen LogP contribution in [0.1, 0.15) is 17.1 Å². The second-order valence-electron chi connectivity index (χ2n) is 6.22. The molecule has 0 atom stereocenters. The maximum atomic E-state index is 13.2. The van der Waals surface area contributed by atoms with Gasteiger partial charge in [0.25, 0.3) is 0 Å². The lowest BCUT2D eigenvalue weighted by Crippen LogP contribution is -2.25. The van der Waals surface area contributed by atoms with Gasteiger partial charge in [-0.25, -0.2) is 4.98 Å². The molecule has 0 saturated carbocycles. The number of carbonyl (C=O) groups excluding carboxylic acids is 1. The second kappa shape index (κ2) is 8.00. The van der Waals surface area contributed by atoms with Gasteiger partial charge in [-0.05, 0) is 18.2 Å². The highest BCUT2D eigenvalue weighted by Crippen LogP contribution is 2.33. The van der Waals surface area contributed by atoms with Crippen LogP contribution in [0.15, 0.2) is 42.2 Å². The number of alkyl halides is 3. The average molecular weight is 453 g/mol. The molecule has 7 nitrogen and oxygen atoms in total. The van der Waals surface area contributed by atoms with E-state index >= 15 is 0 Å². The number of nitrogens with zero attached hydrogens (tertiary/aromatic N) is 5. The molecular weight excluding hydrogens is 441 g/mol. The zero-order chi connectivity index (χ0) is 21.3. The third-order valence-corrected chi connectivity index (χ3v) is 5.24. The van der Waals surface area contributed by atoms with Crippen LogP contribution in [0.2, 0.25) is 5.02 Å². The molecular formula is C18H12ClF3N6OS. The van der Waals surface area contributed by atoms with Crippen molar-refractivity contribution in [1.29, 1.82) is 0 Å². The Morgan fingerprint density at radius 3 is 2.87 bits per heavy atom. The number of rotatable bonds is 5. The standard InChI is InChI=1S/C18H12ClF3N6OS/c19-11-4-13(18(20,21)22)16-27-26-14(28(16)8-11)7-24-15(29)5-12-9-30-17(25-12)10-2-1-3-23-6-10/h1-4,6,8-9H,5,7H2,(H,24,29). The monoisotopic (exact) mass is 452 g/mol. The lowest BCUT2D eigenvalue weighted by Gasteiger charge is -2.09.